The van der Waals surface area contributed by atoms with Crippen LogP contribution in [0.4, 0.5) is 0 Å². The third kappa shape index (κ3) is 2.58. The summed E-state index contributed by atoms with van der Waals surface area (Å²) >= 11 is 1.55. The molecule has 0 radical (unpaired) electrons. The number of aliphatic imine (C=N–C) groups is 1. The molecule has 2 heterocycles. The Morgan fingerprint density at radius 3 is 2.88 bits per heavy atom. The molecule has 0 saturated carbocycles. The highest BCUT2D eigenvalue weighted by atomic mass is 32.2. The zero-order chi connectivity index (χ0) is 12.4. The Hall–Kier alpha value is -1.56. The fourth-order valence-corrected chi connectivity index (χ4v) is 2.60. The first-order chi connectivity index (χ1) is 8.08. The first-order valence-electron chi connectivity index (χ1n) is 5.10. The van der Waals surface area contributed by atoms with Gasteiger partial charge in [-0.2, -0.15) is 0 Å². The Morgan fingerprint density at radius 1 is 1.53 bits per heavy atom. The highest BCUT2D eigenvalue weighted by Gasteiger charge is 2.17. The second-order valence-corrected chi connectivity index (χ2v) is 4.88. The summed E-state index contributed by atoms with van der Waals surface area (Å²) in [5.74, 6) is 0.630. The molecule has 1 aromatic heterocycles. The van der Waals surface area contributed by atoms with Gasteiger partial charge in [0.25, 0.3) is 0 Å². The number of carbonyl (C=O) groups excluding carboxylic acids is 1. The van der Waals surface area contributed by atoms with Crippen molar-refractivity contribution in [2.45, 2.75) is 24.9 Å². The summed E-state index contributed by atoms with van der Waals surface area (Å²) in [7, 11) is 0. The van der Waals surface area contributed by atoms with Gasteiger partial charge in [0, 0.05) is 17.5 Å². The Balaban J connectivity index is 2.00. The van der Waals surface area contributed by atoms with Crippen molar-refractivity contribution in [1.29, 1.82) is 0 Å². The maximum Gasteiger partial charge on any atom is 0.311 e. The molecule has 90 valence electrons. The molecule has 0 saturated heterocycles. The molecule has 1 unspecified atom stereocenters. The zero-order valence-corrected chi connectivity index (χ0v) is 10.3. The van der Waals surface area contributed by atoms with Crippen molar-refractivity contribution in [2.75, 3.05) is 0 Å². The van der Waals surface area contributed by atoms with E-state index in [0.29, 0.717) is 5.75 Å². The molecule has 2 rings (SSSR count). The summed E-state index contributed by atoms with van der Waals surface area (Å²) in [6, 6.07) is 0. The Bertz CT molecular complexity index is 485. The zero-order valence-electron chi connectivity index (χ0n) is 9.51. The summed E-state index contributed by atoms with van der Waals surface area (Å²) < 4.78 is 5.06. The fourth-order valence-electron chi connectivity index (χ4n) is 1.46. The van der Waals surface area contributed by atoms with Crippen molar-refractivity contribution >= 4 is 23.9 Å². The molecule has 1 aliphatic heterocycles. The predicted molar refractivity (Wildman–Crippen MR) is 65.3 cm³/mol. The van der Waals surface area contributed by atoms with Gasteiger partial charge in [0.1, 0.15) is 5.76 Å². The van der Waals surface area contributed by atoms with E-state index in [-0.39, 0.29) is 11.0 Å². The summed E-state index contributed by atoms with van der Waals surface area (Å²) in [5.41, 5.74) is 1.92. The van der Waals surface area contributed by atoms with Gasteiger partial charge in [0.05, 0.1) is 10.9 Å². The molecule has 6 heteroatoms. The topological polar surface area (TPSA) is 75.7 Å². The molecule has 0 fully saturated rings. The molecule has 0 aromatic carbocycles. The van der Waals surface area contributed by atoms with E-state index in [0.717, 1.165) is 17.0 Å². The highest BCUT2D eigenvalue weighted by molar-refractivity contribution is 7.99. The lowest BCUT2D eigenvalue weighted by atomic mass is 10.2. The van der Waals surface area contributed by atoms with Crippen LogP contribution in [-0.2, 0) is 10.5 Å². The molecule has 1 aliphatic rings. The largest absolute Gasteiger partial charge is 0.503 e. The van der Waals surface area contributed by atoms with Crippen LogP contribution in [0.2, 0.25) is 0 Å². The third-order valence-electron chi connectivity index (χ3n) is 2.48. The number of nitrogens with zero attached hydrogens (tertiary/aromatic N) is 2. The minimum atomic E-state index is -0.584. The van der Waals surface area contributed by atoms with Gasteiger partial charge < -0.3 is 9.63 Å². The van der Waals surface area contributed by atoms with Gasteiger partial charge in [-0.3, -0.25) is 4.79 Å². The van der Waals surface area contributed by atoms with Crippen LogP contribution >= 0.6 is 11.8 Å². The van der Waals surface area contributed by atoms with Crippen molar-refractivity contribution in [3.05, 3.63) is 28.9 Å². The smallest absolute Gasteiger partial charge is 0.311 e. The van der Waals surface area contributed by atoms with Gasteiger partial charge in [0.15, 0.2) is 5.76 Å². The average molecular weight is 252 g/mol. The summed E-state index contributed by atoms with van der Waals surface area (Å²) in [4.78, 5) is 14.5. The van der Waals surface area contributed by atoms with E-state index >= 15 is 0 Å². The Labute approximate surface area is 103 Å². The van der Waals surface area contributed by atoms with Crippen LogP contribution in [0.3, 0.4) is 0 Å². The molecule has 5 nitrogen and oxygen atoms in total. The van der Waals surface area contributed by atoms with Gasteiger partial charge >= 0.3 is 5.91 Å². The summed E-state index contributed by atoms with van der Waals surface area (Å²) in [6.07, 6.45) is 3.03. The van der Waals surface area contributed by atoms with Crippen molar-refractivity contribution in [3.63, 3.8) is 0 Å². The first kappa shape index (κ1) is 11.9. The minimum Gasteiger partial charge on any atom is -0.503 e. The standard InChI is InChI=1S/C11H12N2O3S/c1-6-9(7(2)16-13-6)5-17-8-3-10(14)11(15)12-4-8/h3-4,8,14H,5H2,1-2H3. The number of carbonyl (C=O) groups is 1. The maximum atomic E-state index is 10.9. The van der Waals surface area contributed by atoms with Crippen molar-refractivity contribution in [2.24, 2.45) is 4.99 Å². The third-order valence-corrected chi connectivity index (χ3v) is 3.58. The Morgan fingerprint density at radius 2 is 2.29 bits per heavy atom. The van der Waals surface area contributed by atoms with Gasteiger partial charge in [-0.1, -0.05) is 5.16 Å². The van der Waals surface area contributed by atoms with Crippen LogP contribution in [0.25, 0.3) is 0 Å². The lowest BCUT2D eigenvalue weighted by molar-refractivity contribution is -0.116. The van der Waals surface area contributed by atoms with E-state index in [1.165, 1.54) is 12.3 Å². The van der Waals surface area contributed by atoms with Gasteiger partial charge in [-0.15, -0.1) is 11.8 Å². The molecule has 1 atom stereocenters. The van der Waals surface area contributed by atoms with Crippen LogP contribution in [0.15, 0.2) is 21.4 Å². The van der Waals surface area contributed by atoms with Crippen LogP contribution in [0, 0.1) is 13.8 Å². The molecule has 0 spiro atoms. The molecule has 0 aliphatic carbocycles. The number of hydrogen-bond donors (Lipinski definition) is 1. The average Bonchev–Trinajstić information content (AvgIpc) is 2.61. The minimum absolute atomic E-state index is 0.0959. The van der Waals surface area contributed by atoms with Gasteiger partial charge in [-0.25, -0.2) is 4.99 Å². The lowest BCUT2D eigenvalue weighted by Gasteiger charge is -2.10. The van der Waals surface area contributed by atoms with E-state index in [9.17, 15) is 9.90 Å². The maximum absolute atomic E-state index is 10.9. The van der Waals surface area contributed by atoms with E-state index in [4.69, 9.17) is 4.52 Å². The van der Waals surface area contributed by atoms with Gasteiger partial charge in [0.2, 0.25) is 0 Å². The SMILES string of the molecule is Cc1noc(C)c1CSC1C=NC(=O)C(O)=C1. The molecule has 0 bridgehead atoms. The number of rotatable bonds is 3. The monoisotopic (exact) mass is 252 g/mol. The lowest BCUT2D eigenvalue weighted by Crippen LogP contribution is -2.13. The second-order valence-electron chi connectivity index (χ2n) is 3.71. The molecule has 17 heavy (non-hydrogen) atoms. The summed E-state index contributed by atoms with van der Waals surface area (Å²) in [6.45, 7) is 3.75. The van der Waals surface area contributed by atoms with Gasteiger partial charge in [-0.05, 0) is 19.9 Å². The van der Waals surface area contributed by atoms with Crippen molar-refractivity contribution < 1.29 is 14.4 Å². The number of amides is 1. The molecule has 1 amide bonds. The van der Waals surface area contributed by atoms with E-state index in [1.807, 2.05) is 13.8 Å². The molecule has 1 aromatic rings. The highest BCUT2D eigenvalue weighted by Crippen LogP contribution is 2.24. The van der Waals surface area contributed by atoms with E-state index < -0.39 is 5.91 Å². The van der Waals surface area contributed by atoms with Crippen LogP contribution < -0.4 is 0 Å². The van der Waals surface area contributed by atoms with Crippen LogP contribution in [0.1, 0.15) is 17.0 Å². The van der Waals surface area contributed by atoms with Crippen LogP contribution in [-0.4, -0.2) is 27.6 Å². The van der Waals surface area contributed by atoms with Crippen molar-refractivity contribution in [1.82, 2.24) is 5.16 Å². The quantitative estimate of drug-likeness (QED) is 0.889. The van der Waals surface area contributed by atoms with Crippen LogP contribution in [0.5, 0.6) is 0 Å². The Kier molecular flexibility index (Phi) is 3.33. The summed E-state index contributed by atoms with van der Waals surface area (Å²) in [5, 5.41) is 13.0. The molecule has 1 N–H and O–H groups in total. The molecular weight excluding hydrogens is 240 g/mol. The second kappa shape index (κ2) is 4.75. The predicted octanol–water partition coefficient (Wildman–Crippen LogP) is 1.95. The number of aromatic nitrogens is 1. The molecular formula is C11H12N2O3S. The number of dihydropyridines is 1. The normalized spacial score (nSPS) is 19.5. The number of aliphatic hydroxyl groups is 1. The number of hydrogen-bond acceptors (Lipinski definition) is 5. The van der Waals surface area contributed by atoms with Crippen molar-refractivity contribution in [3.8, 4) is 0 Å². The number of thioether (sulfide) groups is 1. The first-order valence-corrected chi connectivity index (χ1v) is 6.15. The number of aryl methyl sites for hydroxylation is 2. The number of aliphatic hydroxyl groups excluding tert-OH is 1. The van der Waals surface area contributed by atoms with E-state index in [2.05, 4.69) is 10.1 Å². The van der Waals surface area contributed by atoms with E-state index in [1.54, 1.807) is 11.8 Å². The fraction of sp³-hybridized carbons (Fsp3) is 0.364.